The summed E-state index contributed by atoms with van der Waals surface area (Å²) in [4.78, 5) is 4.26. The number of alkyl halides is 3. The van der Waals surface area contributed by atoms with E-state index in [1.165, 1.54) is 12.8 Å². The molecule has 2 aliphatic heterocycles. The Labute approximate surface area is 170 Å². The number of aliphatic hydroxyl groups excluding tert-OH is 1. The molecule has 0 bridgehead atoms. The Morgan fingerprint density at radius 3 is 2.45 bits per heavy atom. The van der Waals surface area contributed by atoms with Crippen LogP contribution < -0.4 is 0 Å². The van der Waals surface area contributed by atoms with Gasteiger partial charge in [-0.25, -0.2) is 0 Å². The largest absolute Gasteiger partial charge is 0.395 e. The summed E-state index contributed by atoms with van der Waals surface area (Å²) in [5.41, 5.74) is 2.15. The first-order chi connectivity index (χ1) is 13.9. The minimum absolute atomic E-state index is 0.0472. The van der Waals surface area contributed by atoms with Crippen LogP contribution in [0.15, 0.2) is 24.3 Å². The molecule has 0 spiro atoms. The molecule has 29 heavy (non-hydrogen) atoms. The highest BCUT2D eigenvalue weighted by Crippen LogP contribution is 2.42. The summed E-state index contributed by atoms with van der Waals surface area (Å²) in [6.45, 7) is 2.38. The van der Waals surface area contributed by atoms with E-state index in [9.17, 15) is 18.3 Å². The molecule has 158 valence electrons. The van der Waals surface area contributed by atoms with E-state index < -0.39 is 12.6 Å². The Bertz CT molecular complexity index is 748. The molecule has 2 saturated heterocycles. The zero-order valence-corrected chi connectivity index (χ0v) is 16.7. The molecule has 3 fully saturated rings. The minimum Gasteiger partial charge on any atom is -0.395 e. The Morgan fingerprint density at radius 1 is 1.07 bits per heavy atom. The van der Waals surface area contributed by atoms with Crippen molar-refractivity contribution in [2.45, 2.75) is 56.3 Å². The number of nitrogens with zero attached hydrogens (tertiary/aromatic N) is 2. The summed E-state index contributed by atoms with van der Waals surface area (Å²) in [6, 6.07) is 8.44. The van der Waals surface area contributed by atoms with E-state index in [1.807, 2.05) is 17.0 Å². The molecule has 0 radical (unpaired) electrons. The maximum atomic E-state index is 12.7. The van der Waals surface area contributed by atoms with Crippen LogP contribution in [0.3, 0.4) is 0 Å². The van der Waals surface area contributed by atoms with E-state index in [1.54, 1.807) is 0 Å². The van der Waals surface area contributed by atoms with E-state index in [0.29, 0.717) is 19.0 Å². The Morgan fingerprint density at radius 2 is 1.79 bits per heavy atom. The zero-order chi connectivity index (χ0) is 20.4. The molecule has 0 aromatic heterocycles. The first-order valence-corrected chi connectivity index (χ1v) is 10.7. The first kappa shape index (κ1) is 20.7. The second kappa shape index (κ2) is 8.67. The summed E-state index contributed by atoms with van der Waals surface area (Å²) in [6.07, 6.45) is -0.619. The molecular weight excluding hydrogens is 377 g/mol. The summed E-state index contributed by atoms with van der Waals surface area (Å²) in [5, 5.41) is 9.98. The highest BCUT2D eigenvalue weighted by Gasteiger charge is 2.49. The molecule has 1 saturated carbocycles. The average Bonchev–Trinajstić information content (AvgIpc) is 3.49. The van der Waals surface area contributed by atoms with Crippen molar-refractivity contribution in [1.29, 1.82) is 0 Å². The van der Waals surface area contributed by atoms with E-state index in [4.69, 9.17) is 0 Å². The predicted molar refractivity (Wildman–Crippen MR) is 106 cm³/mol. The van der Waals surface area contributed by atoms with Gasteiger partial charge in [0.1, 0.15) is 0 Å². The van der Waals surface area contributed by atoms with Gasteiger partial charge in [-0.1, -0.05) is 24.0 Å². The van der Waals surface area contributed by atoms with Gasteiger partial charge in [-0.15, -0.1) is 0 Å². The van der Waals surface area contributed by atoms with Gasteiger partial charge in [0.15, 0.2) is 0 Å². The van der Waals surface area contributed by atoms with Crippen molar-refractivity contribution < 1.29 is 18.3 Å². The Balaban J connectivity index is 1.47. The van der Waals surface area contributed by atoms with Gasteiger partial charge in [0.25, 0.3) is 0 Å². The molecule has 3 atom stereocenters. The first-order valence-electron chi connectivity index (χ1n) is 10.7. The zero-order valence-electron chi connectivity index (χ0n) is 16.7. The van der Waals surface area contributed by atoms with Crippen molar-refractivity contribution in [3.8, 4) is 11.8 Å². The van der Waals surface area contributed by atoms with Crippen LogP contribution in [0.25, 0.3) is 0 Å². The second-order valence-corrected chi connectivity index (χ2v) is 8.62. The monoisotopic (exact) mass is 406 g/mol. The van der Waals surface area contributed by atoms with Gasteiger partial charge in [-0.05, 0) is 56.5 Å². The maximum absolute atomic E-state index is 12.7. The van der Waals surface area contributed by atoms with Crippen LogP contribution in [0, 0.1) is 17.8 Å². The van der Waals surface area contributed by atoms with Crippen molar-refractivity contribution in [2.24, 2.45) is 5.92 Å². The third-order valence-electron chi connectivity index (χ3n) is 6.46. The molecule has 0 unspecified atom stereocenters. The normalized spacial score (nSPS) is 28.5. The molecule has 3 aliphatic rings. The van der Waals surface area contributed by atoms with E-state index >= 15 is 0 Å². The fourth-order valence-electron chi connectivity index (χ4n) is 4.70. The van der Waals surface area contributed by atoms with E-state index in [-0.39, 0.29) is 31.2 Å². The SMILES string of the molecule is OC[C@H]1[C@@H](c2ccc(C#CC3CC3)cc2)[C@H]2CN(CCC(F)(F)F)CCCCN21. The second-order valence-electron chi connectivity index (χ2n) is 8.62. The van der Waals surface area contributed by atoms with Crippen molar-refractivity contribution in [3.63, 3.8) is 0 Å². The molecule has 2 heterocycles. The van der Waals surface area contributed by atoms with Crippen molar-refractivity contribution in [3.05, 3.63) is 35.4 Å². The summed E-state index contributed by atoms with van der Waals surface area (Å²) in [5.74, 6) is 7.20. The number of hydrogen-bond acceptors (Lipinski definition) is 3. The fourth-order valence-corrected chi connectivity index (χ4v) is 4.70. The molecular formula is C23H29F3N2O. The molecule has 1 aromatic carbocycles. The van der Waals surface area contributed by atoms with Crippen LogP contribution >= 0.6 is 0 Å². The molecule has 3 nitrogen and oxygen atoms in total. The summed E-state index contributed by atoms with van der Waals surface area (Å²) < 4.78 is 38.1. The van der Waals surface area contributed by atoms with Crippen LogP contribution in [-0.2, 0) is 0 Å². The lowest BCUT2D eigenvalue weighted by molar-refractivity contribution is -0.140. The van der Waals surface area contributed by atoms with Crippen molar-refractivity contribution in [2.75, 3.05) is 32.8 Å². The standard InChI is InChI=1S/C23H29F3N2O/c24-23(25,26)11-14-27-12-1-2-13-28-20(15-27)22(21(28)16-29)19-9-7-18(8-10-19)6-5-17-3-4-17/h7-10,17,20-22,29H,1-4,11-16H2/t20-,21+,22+/m1/s1. The van der Waals surface area contributed by atoms with Gasteiger partial charge >= 0.3 is 6.18 Å². The molecule has 1 aromatic rings. The number of aliphatic hydroxyl groups is 1. The molecule has 0 amide bonds. The lowest BCUT2D eigenvalue weighted by atomic mass is 9.74. The number of benzene rings is 1. The fraction of sp³-hybridized carbons (Fsp3) is 0.652. The molecule has 1 N–H and O–H groups in total. The van der Waals surface area contributed by atoms with Gasteiger partial charge in [-0.3, -0.25) is 4.90 Å². The third kappa shape index (κ3) is 5.14. The number of halogens is 3. The van der Waals surface area contributed by atoms with Gasteiger partial charge < -0.3 is 10.0 Å². The van der Waals surface area contributed by atoms with Crippen LogP contribution in [0.5, 0.6) is 0 Å². The highest BCUT2D eigenvalue weighted by atomic mass is 19.4. The quantitative estimate of drug-likeness (QED) is 0.774. The van der Waals surface area contributed by atoms with Gasteiger partial charge in [-0.2, -0.15) is 13.2 Å². The minimum atomic E-state index is -4.12. The summed E-state index contributed by atoms with van der Waals surface area (Å²) >= 11 is 0. The van der Waals surface area contributed by atoms with Crippen molar-refractivity contribution in [1.82, 2.24) is 9.80 Å². The highest BCUT2D eigenvalue weighted by molar-refractivity contribution is 5.39. The topological polar surface area (TPSA) is 26.7 Å². The maximum Gasteiger partial charge on any atom is 0.390 e. The molecule has 6 heteroatoms. The van der Waals surface area contributed by atoms with Gasteiger partial charge in [0.05, 0.1) is 13.0 Å². The number of hydrogen-bond donors (Lipinski definition) is 1. The van der Waals surface area contributed by atoms with Gasteiger partial charge in [0.2, 0.25) is 0 Å². The van der Waals surface area contributed by atoms with Crippen LogP contribution in [0.4, 0.5) is 13.2 Å². The van der Waals surface area contributed by atoms with Gasteiger partial charge in [0, 0.05) is 42.6 Å². The van der Waals surface area contributed by atoms with Crippen LogP contribution in [0.2, 0.25) is 0 Å². The van der Waals surface area contributed by atoms with Crippen LogP contribution in [0.1, 0.15) is 49.1 Å². The van der Waals surface area contributed by atoms with Crippen LogP contribution in [-0.4, -0.2) is 66.0 Å². The van der Waals surface area contributed by atoms with E-state index in [0.717, 1.165) is 30.5 Å². The summed E-state index contributed by atoms with van der Waals surface area (Å²) in [7, 11) is 0. The Kier molecular flexibility index (Phi) is 6.19. The Hall–Kier alpha value is -1.55. The van der Waals surface area contributed by atoms with E-state index in [2.05, 4.69) is 28.9 Å². The third-order valence-corrected chi connectivity index (χ3v) is 6.46. The number of rotatable bonds is 4. The molecule has 1 aliphatic carbocycles. The lowest BCUT2D eigenvalue weighted by Crippen LogP contribution is -2.67. The number of fused-ring (bicyclic) bond motifs is 1. The van der Waals surface area contributed by atoms with Crippen molar-refractivity contribution >= 4 is 0 Å². The smallest absolute Gasteiger partial charge is 0.390 e. The molecule has 4 rings (SSSR count). The average molecular weight is 406 g/mol. The predicted octanol–water partition coefficient (Wildman–Crippen LogP) is 3.63. The lowest BCUT2D eigenvalue weighted by Gasteiger charge is -2.57.